The molecule has 8 heteroatoms. The molecule has 0 atom stereocenters. The third-order valence-electron chi connectivity index (χ3n) is 2.57. The lowest BCUT2D eigenvalue weighted by atomic mass is 9.99. The van der Waals surface area contributed by atoms with Gasteiger partial charge in [0.15, 0.2) is 0 Å². The highest BCUT2D eigenvalue weighted by Crippen LogP contribution is 2.23. The van der Waals surface area contributed by atoms with Crippen molar-refractivity contribution in [2.24, 2.45) is 5.92 Å². The fourth-order valence-corrected chi connectivity index (χ4v) is 2.57. The lowest BCUT2D eigenvalue weighted by Gasteiger charge is -2.29. The van der Waals surface area contributed by atoms with Crippen LogP contribution in [0.5, 0.6) is 0 Å². The van der Waals surface area contributed by atoms with Gasteiger partial charge in [0, 0.05) is 13.1 Å². The van der Waals surface area contributed by atoms with Crippen molar-refractivity contribution in [2.45, 2.75) is 18.6 Å². The second-order valence-electron chi connectivity index (χ2n) is 3.50. The van der Waals surface area contributed by atoms with Gasteiger partial charge in [-0.25, -0.2) is 8.42 Å². The maximum atomic E-state index is 12.2. The molecule has 1 rings (SSSR count). The van der Waals surface area contributed by atoms with E-state index in [1.54, 1.807) is 0 Å². The fraction of sp³-hybridized carbons (Fsp3) is 0.875. The number of carbonyl (C=O) groups excluding carboxylic acids is 1. The number of sulfonamides is 1. The number of hydrogen-bond acceptors (Lipinski definition) is 4. The largest absolute Gasteiger partial charge is 0.469 e. The molecule has 1 fully saturated rings. The molecule has 1 aliphatic heterocycles. The Labute approximate surface area is 92.4 Å². The van der Waals surface area contributed by atoms with E-state index in [1.807, 2.05) is 0 Å². The first-order valence-corrected chi connectivity index (χ1v) is 6.25. The molecule has 1 heterocycles. The summed E-state index contributed by atoms with van der Waals surface area (Å²) in [5.74, 6) is -4.22. The van der Waals surface area contributed by atoms with Crippen LogP contribution in [-0.4, -0.2) is 44.6 Å². The second kappa shape index (κ2) is 5.05. The van der Waals surface area contributed by atoms with Gasteiger partial charge in [-0.3, -0.25) is 4.79 Å². The molecule has 0 bridgehead atoms. The van der Waals surface area contributed by atoms with E-state index in [4.69, 9.17) is 0 Å². The third-order valence-corrected chi connectivity index (χ3v) is 4.11. The molecule has 0 spiro atoms. The van der Waals surface area contributed by atoms with Crippen LogP contribution in [0.25, 0.3) is 0 Å². The Morgan fingerprint density at radius 3 is 2.25 bits per heavy atom. The highest BCUT2D eigenvalue weighted by Gasteiger charge is 2.36. The summed E-state index contributed by atoms with van der Waals surface area (Å²) in [6.45, 7) is -0.126. The second-order valence-corrected chi connectivity index (χ2v) is 5.40. The fourth-order valence-electron chi connectivity index (χ4n) is 1.63. The molecule has 5 nitrogen and oxygen atoms in total. The molecule has 94 valence electrons. The molecular weight excluding hydrogens is 244 g/mol. The van der Waals surface area contributed by atoms with Crippen molar-refractivity contribution in [3.8, 4) is 0 Å². The third kappa shape index (κ3) is 2.67. The standard InChI is InChI=1S/C8H13F2NO4S/c1-15-7(12)6-2-4-11(5-3-6)16(13,14)8(9)10/h6,8H,2-5H2,1H3. The van der Waals surface area contributed by atoms with Crippen molar-refractivity contribution in [2.75, 3.05) is 20.2 Å². The summed E-state index contributed by atoms with van der Waals surface area (Å²) in [4.78, 5) is 11.1. The molecular formula is C8H13F2NO4S. The summed E-state index contributed by atoms with van der Waals surface area (Å²) < 4.78 is 51.8. The first-order chi connectivity index (χ1) is 7.39. The quantitative estimate of drug-likeness (QED) is 0.687. The van der Waals surface area contributed by atoms with Crippen LogP contribution in [0.2, 0.25) is 0 Å². The molecule has 0 saturated carbocycles. The Morgan fingerprint density at radius 1 is 1.38 bits per heavy atom. The van der Waals surface area contributed by atoms with Gasteiger partial charge in [-0.15, -0.1) is 0 Å². The van der Waals surface area contributed by atoms with E-state index in [2.05, 4.69) is 4.74 Å². The number of nitrogens with zero attached hydrogens (tertiary/aromatic N) is 1. The zero-order valence-corrected chi connectivity index (χ0v) is 9.54. The summed E-state index contributed by atoms with van der Waals surface area (Å²) >= 11 is 0. The topological polar surface area (TPSA) is 63.7 Å². The summed E-state index contributed by atoms with van der Waals surface area (Å²) in [5.41, 5.74) is 0. The van der Waals surface area contributed by atoms with E-state index in [-0.39, 0.29) is 25.9 Å². The average Bonchev–Trinajstić information content (AvgIpc) is 2.28. The van der Waals surface area contributed by atoms with Gasteiger partial charge < -0.3 is 4.74 Å². The number of rotatable bonds is 3. The smallest absolute Gasteiger partial charge is 0.350 e. The van der Waals surface area contributed by atoms with E-state index in [1.165, 1.54) is 7.11 Å². The van der Waals surface area contributed by atoms with Gasteiger partial charge >= 0.3 is 11.7 Å². The van der Waals surface area contributed by atoms with Gasteiger partial charge in [-0.05, 0) is 12.8 Å². The van der Waals surface area contributed by atoms with Crippen LogP contribution in [0.1, 0.15) is 12.8 Å². The highest BCUT2D eigenvalue weighted by atomic mass is 32.2. The Balaban J connectivity index is 2.59. The molecule has 1 aliphatic rings. The minimum Gasteiger partial charge on any atom is -0.469 e. The van der Waals surface area contributed by atoms with Crippen LogP contribution < -0.4 is 0 Å². The average molecular weight is 257 g/mol. The van der Waals surface area contributed by atoms with E-state index in [9.17, 15) is 22.0 Å². The first-order valence-electron chi connectivity index (χ1n) is 4.74. The number of esters is 1. The SMILES string of the molecule is COC(=O)C1CCN(S(=O)(=O)C(F)F)CC1. The normalized spacial score (nSPS) is 20.0. The minimum absolute atomic E-state index is 0.0631. The predicted molar refractivity (Wildman–Crippen MR) is 51.2 cm³/mol. The number of methoxy groups -OCH3 is 1. The van der Waals surface area contributed by atoms with Crippen LogP contribution in [0.15, 0.2) is 0 Å². The van der Waals surface area contributed by atoms with Crippen molar-refractivity contribution < 1.29 is 26.7 Å². The van der Waals surface area contributed by atoms with Gasteiger partial charge in [0.1, 0.15) is 0 Å². The van der Waals surface area contributed by atoms with E-state index >= 15 is 0 Å². The minimum atomic E-state index is -4.51. The Kier molecular flexibility index (Phi) is 4.20. The molecule has 0 N–H and O–H groups in total. The van der Waals surface area contributed by atoms with Gasteiger partial charge in [0.05, 0.1) is 13.0 Å². The zero-order chi connectivity index (χ0) is 12.3. The van der Waals surface area contributed by atoms with Crippen LogP contribution in [-0.2, 0) is 19.6 Å². The molecule has 0 radical (unpaired) electrons. The number of hydrogen-bond donors (Lipinski definition) is 0. The van der Waals surface area contributed by atoms with Crippen molar-refractivity contribution in [1.29, 1.82) is 0 Å². The summed E-state index contributed by atoms with van der Waals surface area (Å²) in [6, 6.07) is 0. The highest BCUT2D eigenvalue weighted by molar-refractivity contribution is 7.89. The number of piperidine rings is 1. The van der Waals surface area contributed by atoms with Crippen molar-refractivity contribution in [1.82, 2.24) is 4.31 Å². The maximum Gasteiger partial charge on any atom is 0.350 e. The zero-order valence-electron chi connectivity index (χ0n) is 8.73. The molecule has 1 saturated heterocycles. The van der Waals surface area contributed by atoms with Gasteiger partial charge in [0.2, 0.25) is 0 Å². The van der Waals surface area contributed by atoms with Crippen molar-refractivity contribution in [3.05, 3.63) is 0 Å². The van der Waals surface area contributed by atoms with Gasteiger partial charge in [-0.2, -0.15) is 13.1 Å². The van der Waals surface area contributed by atoms with E-state index in [0.717, 1.165) is 4.31 Å². The van der Waals surface area contributed by atoms with Crippen molar-refractivity contribution in [3.63, 3.8) is 0 Å². The van der Waals surface area contributed by atoms with Crippen LogP contribution >= 0.6 is 0 Å². The van der Waals surface area contributed by atoms with Crippen LogP contribution in [0, 0.1) is 5.92 Å². The van der Waals surface area contributed by atoms with E-state index in [0.29, 0.717) is 0 Å². The lowest BCUT2D eigenvalue weighted by molar-refractivity contribution is -0.146. The van der Waals surface area contributed by atoms with Crippen LogP contribution in [0.3, 0.4) is 0 Å². The molecule has 16 heavy (non-hydrogen) atoms. The molecule has 0 aromatic rings. The Bertz CT molecular complexity index is 349. The van der Waals surface area contributed by atoms with Crippen LogP contribution in [0.4, 0.5) is 8.78 Å². The number of halogens is 2. The summed E-state index contributed by atoms with van der Waals surface area (Å²) in [5, 5.41) is 0. The summed E-state index contributed by atoms with van der Waals surface area (Å²) in [6.07, 6.45) is 0.442. The first kappa shape index (κ1) is 13.3. The molecule has 0 aromatic heterocycles. The molecule has 0 amide bonds. The molecule has 0 aromatic carbocycles. The molecule has 0 aliphatic carbocycles. The monoisotopic (exact) mass is 257 g/mol. The van der Waals surface area contributed by atoms with Gasteiger partial charge in [0.25, 0.3) is 10.0 Å². The van der Waals surface area contributed by atoms with Gasteiger partial charge in [-0.1, -0.05) is 0 Å². The number of ether oxygens (including phenoxy) is 1. The molecule has 0 unspecified atom stereocenters. The number of carbonyl (C=O) groups is 1. The Morgan fingerprint density at radius 2 is 1.88 bits per heavy atom. The Hall–Kier alpha value is -0.760. The van der Waals surface area contributed by atoms with Crippen molar-refractivity contribution >= 4 is 16.0 Å². The number of alkyl halides is 2. The maximum absolute atomic E-state index is 12.2. The predicted octanol–water partition coefficient (Wildman–Crippen LogP) is 0.424. The summed E-state index contributed by atoms with van der Waals surface area (Å²) in [7, 11) is -3.27. The van der Waals surface area contributed by atoms with E-state index < -0.39 is 27.7 Å². The lowest BCUT2D eigenvalue weighted by Crippen LogP contribution is -2.42.